The quantitative estimate of drug-likeness (QED) is 0.288. The SMILES string of the molecule is O=C(N[S+]([O-])c1cccc(F)n1)c1ccc(-n2ccc(OCCC3CC3C(F)(F)F)n2)nc1F. The van der Waals surface area contributed by atoms with Crippen molar-refractivity contribution in [2.24, 2.45) is 11.8 Å². The van der Waals surface area contributed by atoms with Gasteiger partial charge in [0.25, 0.3) is 10.9 Å². The summed E-state index contributed by atoms with van der Waals surface area (Å²) in [5.74, 6) is -4.74. The second-order valence-corrected chi connectivity index (χ2v) is 8.55. The van der Waals surface area contributed by atoms with Crippen molar-refractivity contribution in [2.75, 3.05) is 6.61 Å². The Balaban J connectivity index is 1.34. The van der Waals surface area contributed by atoms with E-state index in [4.69, 9.17) is 4.74 Å². The first kappa shape index (κ1) is 23.9. The molecule has 14 heteroatoms. The summed E-state index contributed by atoms with van der Waals surface area (Å²) < 4.78 is 85.8. The minimum Gasteiger partial charge on any atom is -0.587 e. The molecule has 1 amide bonds. The first-order valence-corrected chi connectivity index (χ1v) is 11.0. The summed E-state index contributed by atoms with van der Waals surface area (Å²) in [6.07, 6.45) is -2.45. The maximum Gasteiger partial charge on any atom is 0.392 e. The lowest BCUT2D eigenvalue weighted by atomic mass is 10.2. The van der Waals surface area contributed by atoms with E-state index in [1.54, 1.807) is 0 Å². The molecule has 3 heterocycles. The Morgan fingerprint density at radius 1 is 1.21 bits per heavy atom. The Kier molecular flexibility index (Phi) is 6.70. The molecule has 1 aliphatic rings. The molecule has 1 fully saturated rings. The van der Waals surface area contributed by atoms with E-state index in [2.05, 4.69) is 15.1 Å². The van der Waals surface area contributed by atoms with E-state index in [9.17, 15) is 31.3 Å². The van der Waals surface area contributed by atoms with Crippen molar-refractivity contribution in [2.45, 2.75) is 24.0 Å². The number of aromatic nitrogens is 4. The standard InChI is InChI=1S/C20H16F5N5O3S/c21-14-2-1-3-17(26-14)34(32)29-19(31)12-4-5-15(27-18(12)22)30-8-6-16(28-30)33-9-7-11-10-13(11)20(23,24)25/h1-6,8,11,13H,7,9-10H2,(H,29,31). The molecule has 1 aliphatic carbocycles. The molecule has 34 heavy (non-hydrogen) atoms. The van der Waals surface area contributed by atoms with Gasteiger partial charge in [0.05, 0.1) is 18.1 Å². The summed E-state index contributed by atoms with van der Waals surface area (Å²) in [6, 6.07) is 7.32. The normalized spacial score (nSPS) is 18.4. The molecule has 8 nitrogen and oxygen atoms in total. The molecule has 0 aromatic carbocycles. The summed E-state index contributed by atoms with van der Waals surface area (Å²) in [4.78, 5) is 19.3. The van der Waals surface area contributed by atoms with E-state index in [0.717, 1.165) is 16.8 Å². The number of carbonyl (C=O) groups is 1. The molecule has 0 aliphatic heterocycles. The number of amides is 1. The molecular weight excluding hydrogens is 485 g/mol. The number of hydrogen-bond donors (Lipinski definition) is 1. The molecule has 0 bridgehead atoms. The third-order valence-corrected chi connectivity index (χ3v) is 6.00. The maximum atomic E-state index is 14.4. The molecular formula is C20H16F5N5O3S. The topological polar surface area (TPSA) is 105 Å². The molecule has 3 atom stereocenters. The zero-order valence-electron chi connectivity index (χ0n) is 17.1. The largest absolute Gasteiger partial charge is 0.587 e. The number of hydrogen-bond acceptors (Lipinski definition) is 6. The minimum absolute atomic E-state index is 0.00357. The van der Waals surface area contributed by atoms with Crippen LogP contribution in [0.3, 0.4) is 0 Å². The van der Waals surface area contributed by atoms with Crippen LogP contribution in [0.15, 0.2) is 47.6 Å². The minimum atomic E-state index is -4.18. The van der Waals surface area contributed by atoms with Gasteiger partial charge in [-0.15, -0.1) is 5.10 Å². The highest BCUT2D eigenvalue weighted by Gasteiger charge is 2.55. The van der Waals surface area contributed by atoms with E-state index in [1.165, 1.54) is 30.5 Å². The van der Waals surface area contributed by atoms with Crippen LogP contribution in [-0.4, -0.2) is 43.0 Å². The molecule has 180 valence electrons. The van der Waals surface area contributed by atoms with Crippen LogP contribution in [0.1, 0.15) is 23.2 Å². The smallest absolute Gasteiger partial charge is 0.392 e. The van der Waals surface area contributed by atoms with Gasteiger partial charge in [-0.05, 0) is 37.0 Å². The van der Waals surface area contributed by atoms with E-state index in [1.807, 2.05) is 4.72 Å². The van der Waals surface area contributed by atoms with Gasteiger partial charge in [-0.2, -0.15) is 36.6 Å². The van der Waals surface area contributed by atoms with Gasteiger partial charge in [0, 0.05) is 18.3 Å². The molecule has 3 aromatic heterocycles. The van der Waals surface area contributed by atoms with Crippen molar-refractivity contribution < 1.29 is 36.0 Å². The van der Waals surface area contributed by atoms with Crippen molar-refractivity contribution in [1.82, 2.24) is 24.5 Å². The summed E-state index contributed by atoms with van der Waals surface area (Å²) in [7, 11) is 0. The number of nitrogens with one attached hydrogen (secondary N) is 1. The van der Waals surface area contributed by atoms with Gasteiger partial charge in [0.2, 0.25) is 17.8 Å². The van der Waals surface area contributed by atoms with Crippen LogP contribution in [-0.2, 0) is 11.4 Å². The molecule has 1 saturated carbocycles. The van der Waals surface area contributed by atoms with Crippen molar-refractivity contribution in [3.05, 3.63) is 60.1 Å². The number of alkyl halides is 3. The van der Waals surface area contributed by atoms with Gasteiger partial charge in [-0.25, -0.2) is 4.68 Å². The van der Waals surface area contributed by atoms with Gasteiger partial charge in [-0.1, -0.05) is 6.07 Å². The molecule has 0 saturated heterocycles. The number of rotatable bonds is 8. The van der Waals surface area contributed by atoms with Crippen LogP contribution in [0.5, 0.6) is 5.88 Å². The Morgan fingerprint density at radius 2 is 2.00 bits per heavy atom. The van der Waals surface area contributed by atoms with Gasteiger partial charge >= 0.3 is 6.18 Å². The third-order valence-electron chi connectivity index (χ3n) is 5.02. The number of pyridine rings is 2. The molecule has 1 N–H and O–H groups in total. The maximum absolute atomic E-state index is 14.4. The number of carbonyl (C=O) groups excluding carboxylic acids is 1. The zero-order valence-corrected chi connectivity index (χ0v) is 17.9. The highest BCUT2D eigenvalue weighted by Crippen LogP contribution is 2.51. The summed E-state index contributed by atoms with van der Waals surface area (Å²) in [5, 5.41) is 3.78. The fourth-order valence-corrected chi connectivity index (χ4v) is 3.96. The average molecular weight is 501 g/mol. The van der Waals surface area contributed by atoms with Crippen molar-refractivity contribution in [3.63, 3.8) is 0 Å². The molecule has 3 unspecified atom stereocenters. The van der Waals surface area contributed by atoms with Crippen molar-refractivity contribution >= 4 is 17.3 Å². The van der Waals surface area contributed by atoms with Gasteiger partial charge < -0.3 is 9.29 Å². The van der Waals surface area contributed by atoms with Crippen molar-refractivity contribution in [1.29, 1.82) is 0 Å². The third kappa shape index (κ3) is 5.62. The molecule has 4 rings (SSSR count). The van der Waals surface area contributed by atoms with Crippen LogP contribution >= 0.6 is 0 Å². The van der Waals surface area contributed by atoms with E-state index >= 15 is 0 Å². The number of ether oxygens (including phenoxy) is 1. The Hall–Kier alpha value is -3.26. The summed E-state index contributed by atoms with van der Waals surface area (Å²) >= 11 is -2.22. The van der Waals surface area contributed by atoms with E-state index in [0.29, 0.717) is 0 Å². The Bertz CT molecular complexity index is 1190. The fourth-order valence-electron chi connectivity index (χ4n) is 3.20. The molecule has 3 aromatic rings. The second-order valence-electron chi connectivity index (χ2n) is 7.39. The first-order valence-electron chi connectivity index (χ1n) is 9.89. The Labute approximate surface area is 192 Å². The second kappa shape index (κ2) is 9.54. The first-order chi connectivity index (χ1) is 16.1. The van der Waals surface area contributed by atoms with Gasteiger partial charge in [0.15, 0.2) is 5.82 Å². The lowest BCUT2D eigenvalue weighted by molar-refractivity contribution is -0.151. The van der Waals surface area contributed by atoms with Crippen LogP contribution in [0.4, 0.5) is 22.0 Å². The summed E-state index contributed by atoms with van der Waals surface area (Å²) in [5.41, 5.74) is -0.513. The van der Waals surface area contributed by atoms with Crippen LogP contribution in [0.25, 0.3) is 5.82 Å². The monoisotopic (exact) mass is 501 g/mol. The summed E-state index contributed by atoms with van der Waals surface area (Å²) in [6.45, 7) is 0.0481. The molecule has 0 spiro atoms. The van der Waals surface area contributed by atoms with Gasteiger partial charge in [0.1, 0.15) is 11.4 Å². The average Bonchev–Trinajstić information content (AvgIpc) is 3.42. The van der Waals surface area contributed by atoms with Crippen LogP contribution in [0.2, 0.25) is 0 Å². The van der Waals surface area contributed by atoms with Crippen LogP contribution < -0.4 is 9.46 Å². The highest BCUT2D eigenvalue weighted by molar-refractivity contribution is 7.90. The number of nitrogens with zero attached hydrogens (tertiary/aromatic N) is 4. The predicted molar refractivity (Wildman–Crippen MR) is 107 cm³/mol. The van der Waals surface area contributed by atoms with E-state index < -0.39 is 52.7 Å². The van der Waals surface area contributed by atoms with Crippen molar-refractivity contribution in [3.8, 4) is 11.7 Å². The Morgan fingerprint density at radius 3 is 2.68 bits per heavy atom. The highest BCUT2D eigenvalue weighted by atomic mass is 32.2. The van der Waals surface area contributed by atoms with Crippen LogP contribution in [0, 0.1) is 23.7 Å². The predicted octanol–water partition coefficient (Wildman–Crippen LogP) is 3.36. The fraction of sp³-hybridized carbons (Fsp3) is 0.300. The molecule has 0 radical (unpaired) electrons. The van der Waals surface area contributed by atoms with E-state index in [-0.39, 0.29) is 36.2 Å². The number of halogens is 5. The lowest BCUT2D eigenvalue weighted by Crippen LogP contribution is -2.32. The van der Waals surface area contributed by atoms with Gasteiger partial charge in [-0.3, -0.25) is 4.79 Å². The lowest BCUT2D eigenvalue weighted by Gasteiger charge is -2.10. The zero-order chi connectivity index (χ0) is 24.5.